The van der Waals surface area contributed by atoms with E-state index in [1.165, 1.54) is 0 Å². The van der Waals surface area contributed by atoms with E-state index in [1.54, 1.807) is 0 Å². The fourth-order valence-electron chi connectivity index (χ4n) is 1.53. The van der Waals surface area contributed by atoms with E-state index in [0.717, 1.165) is 6.92 Å². The summed E-state index contributed by atoms with van der Waals surface area (Å²) in [6, 6.07) is -0.583. The van der Waals surface area contributed by atoms with E-state index in [1.807, 2.05) is 0 Å². The minimum absolute atomic E-state index is 0.320. The lowest BCUT2D eigenvalue weighted by molar-refractivity contribution is -0.142. The van der Waals surface area contributed by atoms with Crippen molar-refractivity contribution in [1.29, 1.82) is 0 Å². The van der Waals surface area contributed by atoms with Gasteiger partial charge in [0.1, 0.15) is 0 Å². The molecule has 0 saturated heterocycles. The van der Waals surface area contributed by atoms with Gasteiger partial charge in [0.05, 0.1) is 23.3 Å². The van der Waals surface area contributed by atoms with Crippen LogP contribution in [0.15, 0.2) is 18.2 Å². The molecule has 1 rings (SSSR count). The third kappa shape index (κ3) is 3.60. The molecule has 0 aliphatic heterocycles. The van der Waals surface area contributed by atoms with Gasteiger partial charge < -0.3 is 10.8 Å². The topological polar surface area (TPSA) is 46.2 Å². The van der Waals surface area contributed by atoms with Gasteiger partial charge in [-0.1, -0.05) is 0 Å². The molecule has 1 aromatic carbocycles. The van der Waals surface area contributed by atoms with Gasteiger partial charge in [-0.2, -0.15) is 26.3 Å². The number of hydrogen-bond donors (Lipinski definition) is 2. The summed E-state index contributed by atoms with van der Waals surface area (Å²) < 4.78 is 75.5. The number of hydrogen-bond acceptors (Lipinski definition) is 2. The predicted molar refractivity (Wildman–Crippen MR) is 55.1 cm³/mol. The molecule has 2 atom stereocenters. The second kappa shape index (κ2) is 5.01. The number of aliphatic hydroxyl groups excluding tert-OH is 1. The maximum atomic E-state index is 12.7. The van der Waals surface area contributed by atoms with Gasteiger partial charge in [0.2, 0.25) is 0 Å². The first kappa shape index (κ1) is 15.8. The molecule has 108 valence electrons. The average Bonchev–Trinajstić information content (AvgIpc) is 2.24. The largest absolute Gasteiger partial charge is 0.416 e. The molecule has 0 fully saturated rings. The molecular formula is C11H11F6NO. The average molecular weight is 287 g/mol. The maximum Gasteiger partial charge on any atom is 0.416 e. The summed E-state index contributed by atoms with van der Waals surface area (Å²) >= 11 is 0. The van der Waals surface area contributed by atoms with E-state index in [2.05, 4.69) is 0 Å². The van der Waals surface area contributed by atoms with Crippen molar-refractivity contribution in [2.45, 2.75) is 31.4 Å². The summed E-state index contributed by atoms with van der Waals surface area (Å²) in [4.78, 5) is 0. The third-order valence-corrected chi connectivity index (χ3v) is 2.56. The molecule has 0 aromatic heterocycles. The summed E-state index contributed by atoms with van der Waals surface area (Å²) in [6.45, 7) is 1.10. The van der Waals surface area contributed by atoms with Crippen LogP contribution in [0.5, 0.6) is 0 Å². The smallest absolute Gasteiger partial charge is 0.391 e. The van der Waals surface area contributed by atoms with Gasteiger partial charge in [-0.3, -0.25) is 0 Å². The molecule has 19 heavy (non-hydrogen) atoms. The lowest BCUT2D eigenvalue weighted by Crippen LogP contribution is -2.27. The molecule has 2 nitrogen and oxygen atoms in total. The summed E-state index contributed by atoms with van der Waals surface area (Å²) in [5.41, 5.74) is 2.02. The first-order valence-corrected chi connectivity index (χ1v) is 5.16. The first-order valence-electron chi connectivity index (χ1n) is 5.16. The second-order valence-electron chi connectivity index (χ2n) is 4.06. The highest BCUT2D eigenvalue weighted by Gasteiger charge is 2.38. The molecule has 1 aromatic rings. The number of nitrogens with two attached hydrogens (primary N) is 1. The second-order valence-corrected chi connectivity index (χ2v) is 4.06. The van der Waals surface area contributed by atoms with Crippen LogP contribution in [0.1, 0.15) is 29.7 Å². The zero-order chi connectivity index (χ0) is 15.0. The van der Waals surface area contributed by atoms with Crippen LogP contribution in [0.3, 0.4) is 0 Å². The van der Waals surface area contributed by atoms with E-state index in [-0.39, 0.29) is 0 Å². The number of alkyl halides is 6. The highest BCUT2D eigenvalue weighted by Crippen LogP contribution is 2.38. The van der Waals surface area contributed by atoms with E-state index < -0.39 is 41.2 Å². The Kier molecular flexibility index (Phi) is 4.16. The zero-order valence-corrected chi connectivity index (χ0v) is 9.68. The maximum absolute atomic E-state index is 12.7. The van der Waals surface area contributed by atoms with Crippen LogP contribution in [0.25, 0.3) is 0 Å². The molecule has 0 radical (unpaired) electrons. The van der Waals surface area contributed by atoms with Crippen molar-refractivity contribution in [3.63, 3.8) is 0 Å². The van der Waals surface area contributed by atoms with E-state index in [4.69, 9.17) is 5.73 Å². The van der Waals surface area contributed by atoms with Gasteiger partial charge in [0, 0.05) is 0 Å². The quantitative estimate of drug-likeness (QED) is 0.821. The minimum Gasteiger partial charge on any atom is -0.391 e. The van der Waals surface area contributed by atoms with Gasteiger partial charge in [0.15, 0.2) is 0 Å². The Morgan fingerprint density at radius 1 is 1.05 bits per heavy atom. The summed E-state index contributed by atoms with van der Waals surface area (Å²) in [6.07, 6.45) is -11.0. The Balaban J connectivity index is 3.44. The molecule has 8 heteroatoms. The molecule has 0 saturated carbocycles. The molecule has 3 N–H and O–H groups in total. The molecule has 0 unspecified atom stereocenters. The zero-order valence-electron chi connectivity index (χ0n) is 9.68. The van der Waals surface area contributed by atoms with Gasteiger partial charge in [-0.25, -0.2) is 0 Å². The Bertz CT molecular complexity index is 451. The predicted octanol–water partition coefficient (Wildman–Crippen LogP) is 3.10. The van der Waals surface area contributed by atoms with Crippen LogP contribution < -0.4 is 5.73 Å². The van der Waals surface area contributed by atoms with Gasteiger partial charge in [-0.15, -0.1) is 0 Å². The number of benzene rings is 1. The highest BCUT2D eigenvalue weighted by molar-refractivity contribution is 5.37. The van der Waals surface area contributed by atoms with E-state index in [0.29, 0.717) is 18.2 Å². The van der Waals surface area contributed by atoms with E-state index >= 15 is 0 Å². The Hall–Kier alpha value is -1.28. The first-order chi connectivity index (χ1) is 8.44. The van der Waals surface area contributed by atoms with Gasteiger partial charge in [0.25, 0.3) is 0 Å². The molecular weight excluding hydrogens is 276 g/mol. The van der Waals surface area contributed by atoms with Crippen molar-refractivity contribution in [3.8, 4) is 0 Å². The lowest BCUT2D eigenvalue weighted by Gasteiger charge is -2.22. The van der Waals surface area contributed by atoms with Crippen LogP contribution in [0.4, 0.5) is 26.3 Å². The highest BCUT2D eigenvalue weighted by atomic mass is 19.4. The third-order valence-electron chi connectivity index (χ3n) is 2.56. The van der Waals surface area contributed by atoms with Gasteiger partial charge in [-0.05, 0) is 30.7 Å². The Morgan fingerprint density at radius 3 is 1.95 bits per heavy atom. The molecule has 0 amide bonds. The fraction of sp³-hybridized carbons (Fsp3) is 0.455. The van der Waals surface area contributed by atoms with Crippen molar-refractivity contribution < 1.29 is 31.4 Å². The van der Waals surface area contributed by atoms with Crippen molar-refractivity contribution in [2.75, 3.05) is 0 Å². The number of halogens is 6. The summed E-state index contributed by atoms with van der Waals surface area (Å²) in [7, 11) is 0. The SMILES string of the molecule is C[C@@H](O)[C@@H](N)c1cc(C(F)(F)F)ccc1C(F)(F)F. The monoisotopic (exact) mass is 287 g/mol. The lowest BCUT2D eigenvalue weighted by atomic mass is 9.95. The standard InChI is InChI=1S/C11H11F6NO/c1-5(19)9(18)7-4-6(10(12,13)14)2-3-8(7)11(15,16)17/h2-5,9,19H,18H2,1H3/t5-,9-/m1/s1. The van der Waals surface area contributed by atoms with Crippen LogP contribution in [-0.4, -0.2) is 11.2 Å². The molecule has 0 heterocycles. The molecule has 0 aliphatic carbocycles. The minimum atomic E-state index is -4.84. The van der Waals surface area contributed by atoms with Crippen LogP contribution in [0, 0.1) is 0 Å². The molecule has 0 bridgehead atoms. The molecule has 0 aliphatic rings. The van der Waals surface area contributed by atoms with Crippen LogP contribution in [-0.2, 0) is 12.4 Å². The normalized spacial score (nSPS) is 16.3. The summed E-state index contributed by atoms with van der Waals surface area (Å²) in [5, 5.41) is 9.18. The van der Waals surface area contributed by atoms with Crippen molar-refractivity contribution in [2.24, 2.45) is 5.73 Å². The molecule has 0 spiro atoms. The van der Waals surface area contributed by atoms with Crippen molar-refractivity contribution in [3.05, 3.63) is 34.9 Å². The Morgan fingerprint density at radius 2 is 1.58 bits per heavy atom. The van der Waals surface area contributed by atoms with E-state index in [9.17, 15) is 31.4 Å². The summed E-state index contributed by atoms with van der Waals surface area (Å²) in [5.74, 6) is 0. The number of aliphatic hydroxyl groups is 1. The number of rotatable bonds is 2. The van der Waals surface area contributed by atoms with Crippen molar-refractivity contribution >= 4 is 0 Å². The van der Waals surface area contributed by atoms with Crippen LogP contribution in [0.2, 0.25) is 0 Å². The van der Waals surface area contributed by atoms with Crippen molar-refractivity contribution in [1.82, 2.24) is 0 Å². The van der Waals surface area contributed by atoms with Crippen LogP contribution >= 0.6 is 0 Å². The van der Waals surface area contributed by atoms with Gasteiger partial charge >= 0.3 is 12.4 Å². The Labute approximate surface area is 104 Å². The fourth-order valence-corrected chi connectivity index (χ4v) is 1.53.